The van der Waals surface area contributed by atoms with Crippen molar-refractivity contribution in [3.8, 4) is 0 Å². The predicted octanol–water partition coefficient (Wildman–Crippen LogP) is 3.53. The minimum Gasteiger partial charge on any atom is -0.267 e. The molecule has 0 aliphatic heterocycles. The van der Waals surface area contributed by atoms with Gasteiger partial charge in [-0.1, -0.05) is 32.9 Å². The van der Waals surface area contributed by atoms with Crippen LogP contribution in [0.15, 0.2) is 29.4 Å². The van der Waals surface area contributed by atoms with Gasteiger partial charge in [-0.15, -0.1) is 0 Å². The molecule has 3 rings (SSSR count). The third kappa shape index (κ3) is 2.42. The van der Waals surface area contributed by atoms with Gasteiger partial charge in [0.25, 0.3) is 11.6 Å². The van der Waals surface area contributed by atoms with E-state index >= 15 is 0 Å². The van der Waals surface area contributed by atoms with Crippen LogP contribution in [-0.4, -0.2) is 16.5 Å². The van der Waals surface area contributed by atoms with Gasteiger partial charge in [0.05, 0.1) is 10.6 Å². The first-order chi connectivity index (χ1) is 10.8. The number of nitrogens with zero attached hydrogens (tertiary/aromatic N) is 2. The van der Waals surface area contributed by atoms with Gasteiger partial charge >= 0.3 is 0 Å². The number of hydrazone groups is 1. The topological polar surface area (TPSA) is 84.6 Å². The number of rotatable bonds is 3. The zero-order valence-electron chi connectivity index (χ0n) is 13.6. The van der Waals surface area contributed by atoms with Crippen LogP contribution in [0.1, 0.15) is 50.4 Å². The quantitative estimate of drug-likeness (QED) is 0.684. The van der Waals surface area contributed by atoms with Crippen molar-refractivity contribution in [2.24, 2.45) is 21.8 Å². The normalized spacial score (nSPS) is 29.7. The molecule has 0 heterocycles. The lowest BCUT2D eigenvalue weighted by molar-refractivity contribution is -0.385. The second-order valence-corrected chi connectivity index (χ2v) is 7.40. The molecule has 1 aromatic carbocycles. The minimum absolute atomic E-state index is 0.0318. The van der Waals surface area contributed by atoms with Crippen LogP contribution in [0.25, 0.3) is 0 Å². The number of nitro groups is 1. The van der Waals surface area contributed by atoms with Gasteiger partial charge in [0.15, 0.2) is 0 Å². The first-order valence-electron chi connectivity index (χ1n) is 7.88. The number of hydrogen-bond donors (Lipinski definition) is 1. The van der Waals surface area contributed by atoms with Crippen molar-refractivity contribution in [1.82, 2.24) is 5.43 Å². The Bertz CT molecular complexity index is 704. The van der Waals surface area contributed by atoms with E-state index in [2.05, 4.69) is 31.3 Å². The highest BCUT2D eigenvalue weighted by molar-refractivity contribution is 6.01. The lowest BCUT2D eigenvalue weighted by Gasteiger charge is -2.35. The standard InChI is InChI=1S/C17H21N3O3/c1-16(2)11-8-9-17(3,10-11)15(16)19-18-14(21)12-6-4-5-7-13(12)20(22)23/h4-7,11H,8-10H2,1-3H3,(H,18,21)/b19-15-/t11-,17+/m1/s1. The van der Waals surface area contributed by atoms with Crippen molar-refractivity contribution >= 4 is 17.3 Å². The van der Waals surface area contributed by atoms with E-state index in [0.29, 0.717) is 5.92 Å². The number of nitro benzene ring substituents is 1. The number of benzene rings is 1. The number of nitrogens with one attached hydrogen (secondary N) is 1. The molecule has 23 heavy (non-hydrogen) atoms. The van der Waals surface area contributed by atoms with E-state index < -0.39 is 10.8 Å². The number of carbonyl (C=O) groups is 1. The van der Waals surface area contributed by atoms with Gasteiger partial charge in [0.2, 0.25) is 0 Å². The molecule has 6 heteroatoms. The zero-order valence-corrected chi connectivity index (χ0v) is 13.6. The van der Waals surface area contributed by atoms with Gasteiger partial charge in [0, 0.05) is 16.9 Å². The van der Waals surface area contributed by atoms with Gasteiger partial charge < -0.3 is 0 Å². The molecule has 1 N–H and O–H groups in total. The number of amides is 1. The molecular formula is C17H21N3O3. The first kappa shape index (κ1) is 15.6. The van der Waals surface area contributed by atoms with Crippen molar-refractivity contribution in [2.75, 3.05) is 0 Å². The summed E-state index contributed by atoms with van der Waals surface area (Å²) in [5.41, 5.74) is 3.38. The Hall–Kier alpha value is -2.24. The Morgan fingerprint density at radius 3 is 2.65 bits per heavy atom. The summed E-state index contributed by atoms with van der Waals surface area (Å²) in [6, 6.07) is 5.92. The largest absolute Gasteiger partial charge is 0.282 e. The SMILES string of the molecule is CC1(C)/C(=N/NC(=O)c2ccccc2[N+](=O)[O-])[C@@]2(C)CC[C@@H]1C2. The monoisotopic (exact) mass is 315 g/mol. The number of para-hydroxylation sites is 1. The highest BCUT2D eigenvalue weighted by atomic mass is 16.6. The van der Waals surface area contributed by atoms with Crippen LogP contribution in [0.5, 0.6) is 0 Å². The minimum atomic E-state index is -0.551. The lowest BCUT2D eigenvalue weighted by atomic mass is 9.71. The second kappa shape index (κ2) is 5.15. The summed E-state index contributed by atoms with van der Waals surface area (Å²) < 4.78 is 0. The summed E-state index contributed by atoms with van der Waals surface area (Å²) in [5, 5.41) is 15.4. The zero-order chi connectivity index (χ0) is 16.8. The van der Waals surface area contributed by atoms with Crippen LogP contribution in [0.4, 0.5) is 5.69 Å². The smallest absolute Gasteiger partial charge is 0.267 e. The van der Waals surface area contributed by atoms with Crippen molar-refractivity contribution in [1.29, 1.82) is 0 Å². The molecule has 6 nitrogen and oxygen atoms in total. The highest BCUT2D eigenvalue weighted by Gasteiger charge is 2.57. The Kier molecular flexibility index (Phi) is 3.50. The van der Waals surface area contributed by atoms with E-state index in [1.807, 2.05) is 0 Å². The maximum atomic E-state index is 12.3. The van der Waals surface area contributed by atoms with E-state index in [1.165, 1.54) is 18.6 Å². The van der Waals surface area contributed by atoms with Crippen LogP contribution in [0.3, 0.4) is 0 Å². The molecule has 2 aliphatic carbocycles. The second-order valence-electron chi connectivity index (χ2n) is 7.40. The van der Waals surface area contributed by atoms with Gasteiger partial charge in [0.1, 0.15) is 5.56 Å². The van der Waals surface area contributed by atoms with E-state index in [4.69, 9.17) is 0 Å². The average molecular weight is 315 g/mol. The summed E-state index contributed by atoms with van der Waals surface area (Å²) in [6.07, 6.45) is 3.38. The van der Waals surface area contributed by atoms with E-state index in [-0.39, 0.29) is 22.1 Å². The van der Waals surface area contributed by atoms with E-state index in [1.54, 1.807) is 12.1 Å². The summed E-state index contributed by atoms with van der Waals surface area (Å²) >= 11 is 0. The average Bonchev–Trinajstić information content (AvgIpc) is 2.97. The van der Waals surface area contributed by atoms with Crippen molar-refractivity contribution in [3.05, 3.63) is 39.9 Å². The highest BCUT2D eigenvalue weighted by Crippen LogP contribution is 2.60. The molecule has 2 aliphatic rings. The van der Waals surface area contributed by atoms with E-state index in [0.717, 1.165) is 18.6 Å². The van der Waals surface area contributed by atoms with E-state index in [9.17, 15) is 14.9 Å². The molecule has 1 aromatic rings. The molecule has 0 spiro atoms. The van der Waals surface area contributed by atoms with Crippen LogP contribution in [-0.2, 0) is 0 Å². The van der Waals surface area contributed by atoms with Crippen LogP contribution in [0, 0.1) is 26.9 Å². The molecule has 2 bridgehead atoms. The third-order valence-corrected chi connectivity index (χ3v) is 5.56. The molecule has 1 amide bonds. The lowest BCUT2D eigenvalue weighted by Crippen LogP contribution is -2.38. The molecule has 0 radical (unpaired) electrons. The third-order valence-electron chi connectivity index (χ3n) is 5.56. The summed E-state index contributed by atoms with van der Waals surface area (Å²) in [7, 11) is 0. The van der Waals surface area contributed by atoms with Gasteiger partial charge in [-0.25, -0.2) is 5.43 Å². The molecule has 122 valence electrons. The van der Waals surface area contributed by atoms with Gasteiger partial charge in [-0.05, 0) is 31.2 Å². The van der Waals surface area contributed by atoms with Gasteiger partial charge in [-0.2, -0.15) is 5.10 Å². The van der Waals surface area contributed by atoms with Crippen LogP contribution >= 0.6 is 0 Å². The number of hydrogen-bond acceptors (Lipinski definition) is 4. The summed E-state index contributed by atoms with van der Waals surface area (Å²) in [4.78, 5) is 22.8. The maximum Gasteiger partial charge on any atom is 0.282 e. The van der Waals surface area contributed by atoms with Crippen molar-refractivity contribution in [3.63, 3.8) is 0 Å². The van der Waals surface area contributed by atoms with Crippen molar-refractivity contribution in [2.45, 2.75) is 40.0 Å². The molecule has 0 aromatic heterocycles. The Labute approximate surface area is 135 Å². The molecule has 0 saturated heterocycles. The first-order valence-corrected chi connectivity index (χ1v) is 7.88. The Balaban J connectivity index is 1.86. The van der Waals surface area contributed by atoms with Crippen LogP contribution < -0.4 is 5.43 Å². The fourth-order valence-corrected chi connectivity index (χ4v) is 4.31. The Morgan fingerprint density at radius 2 is 2.04 bits per heavy atom. The Morgan fingerprint density at radius 1 is 1.35 bits per heavy atom. The number of fused-ring (bicyclic) bond motifs is 2. The van der Waals surface area contributed by atoms with Crippen molar-refractivity contribution < 1.29 is 9.72 Å². The molecular weight excluding hydrogens is 294 g/mol. The fourth-order valence-electron chi connectivity index (χ4n) is 4.31. The molecule has 2 saturated carbocycles. The van der Waals surface area contributed by atoms with Gasteiger partial charge in [-0.3, -0.25) is 14.9 Å². The summed E-state index contributed by atoms with van der Waals surface area (Å²) in [6.45, 7) is 6.52. The van der Waals surface area contributed by atoms with Crippen LogP contribution in [0.2, 0.25) is 0 Å². The predicted molar refractivity (Wildman–Crippen MR) is 87.2 cm³/mol. The number of carbonyl (C=O) groups excluding carboxylic acids is 1. The molecule has 0 unspecified atom stereocenters. The fraction of sp³-hybridized carbons (Fsp3) is 0.529. The maximum absolute atomic E-state index is 12.3. The molecule has 2 atom stereocenters. The molecule has 2 fully saturated rings. The summed E-state index contributed by atoms with van der Waals surface area (Å²) in [5.74, 6) is 0.0567.